The molecule has 0 aromatic heterocycles. The zero-order valence-electron chi connectivity index (χ0n) is 14.4. The molecule has 0 radical (unpaired) electrons. The SMILES string of the molecule is CCCN(CCCC(CC)(CO)NCC)CCN(C)C. The molecule has 2 N–H and O–H groups in total. The van der Waals surface area contributed by atoms with Crippen LogP contribution in [0.3, 0.4) is 0 Å². The van der Waals surface area contributed by atoms with E-state index in [0.717, 1.165) is 45.4 Å². The van der Waals surface area contributed by atoms with Gasteiger partial charge in [0, 0.05) is 18.6 Å². The Kier molecular flexibility index (Phi) is 11.4. The van der Waals surface area contributed by atoms with E-state index in [1.54, 1.807) is 0 Å². The summed E-state index contributed by atoms with van der Waals surface area (Å²) in [6.45, 7) is 12.2. The van der Waals surface area contributed by atoms with Crippen molar-refractivity contribution in [1.29, 1.82) is 0 Å². The first kappa shape index (κ1) is 19.8. The van der Waals surface area contributed by atoms with Gasteiger partial charge in [-0.3, -0.25) is 0 Å². The lowest BCUT2D eigenvalue weighted by Gasteiger charge is -2.33. The van der Waals surface area contributed by atoms with Crippen molar-refractivity contribution in [2.24, 2.45) is 0 Å². The van der Waals surface area contributed by atoms with Gasteiger partial charge in [0.1, 0.15) is 0 Å². The molecule has 0 saturated heterocycles. The molecule has 0 fully saturated rings. The molecule has 0 amide bonds. The molecule has 4 heteroatoms. The highest BCUT2D eigenvalue weighted by molar-refractivity contribution is 4.85. The van der Waals surface area contributed by atoms with Crippen LogP contribution in [-0.4, -0.2) is 73.9 Å². The first-order valence-corrected chi connectivity index (χ1v) is 8.26. The van der Waals surface area contributed by atoms with Gasteiger partial charge in [0.05, 0.1) is 6.61 Å². The maximum absolute atomic E-state index is 9.67. The molecule has 0 aliphatic rings. The number of hydrogen-bond acceptors (Lipinski definition) is 4. The molecule has 122 valence electrons. The van der Waals surface area contributed by atoms with Crippen LogP contribution < -0.4 is 5.32 Å². The maximum atomic E-state index is 9.67. The monoisotopic (exact) mass is 287 g/mol. The minimum Gasteiger partial charge on any atom is -0.394 e. The summed E-state index contributed by atoms with van der Waals surface area (Å²) in [6.07, 6.45) is 4.40. The first-order chi connectivity index (χ1) is 9.53. The minimum absolute atomic E-state index is 0.0752. The summed E-state index contributed by atoms with van der Waals surface area (Å²) in [5.74, 6) is 0. The van der Waals surface area contributed by atoms with Crippen molar-refractivity contribution in [1.82, 2.24) is 15.1 Å². The van der Waals surface area contributed by atoms with Crippen LogP contribution in [0, 0.1) is 0 Å². The Hall–Kier alpha value is -0.160. The second kappa shape index (κ2) is 11.5. The lowest BCUT2D eigenvalue weighted by molar-refractivity contribution is 0.139. The Morgan fingerprint density at radius 3 is 2.15 bits per heavy atom. The number of aliphatic hydroxyl groups is 1. The molecule has 20 heavy (non-hydrogen) atoms. The van der Waals surface area contributed by atoms with E-state index in [1.807, 2.05) is 0 Å². The summed E-state index contributed by atoms with van der Waals surface area (Å²) in [5.41, 5.74) is -0.0752. The molecular formula is C16H37N3O. The van der Waals surface area contributed by atoms with E-state index in [0.29, 0.717) is 0 Å². The van der Waals surface area contributed by atoms with E-state index in [2.05, 4.69) is 50.0 Å². The second-order valence-electron chi connectivity index (χ2n) is 6.07. The molecule has 0 aromatic carbocycles. The van der Waals surface area contributed by atoms with Crippen LogP contribution in [0.15, 0.2) is 0 Å². The number of aliphatic hydroxyl groups excluding tert-OH is 1. The third-order valence-corrected chi connectivity index (χ3v) is 4.06. The maximum Gasteiger partial charge on any atom is 0.0613 e. The van der Waals surface area contributed by atoms with Crippen LogP contribution in [0.25, 0.3) is 0 Å². The van der Waals surface area contributed by atoms with Gasteiger partial charge in [-0.25, -0.2) is 0 Å². The van der Waals surface area contributed by atoms with E-state index in [-0.39, 0.29) is 12.1 Å². The zero-order valence-corrected chi connectivity index (χ0v) is 14.4. The molecule has 4 nitrogen and oxygen atoms in total. The lowest BCUT2D eigenvalue weighted by Crippen LogP contribution is -2.48. The predicted molar refractivity (Wildman–Crippen MR) is 88.3 cm³/mol. The van der Waals surface area contributed by atoms with Gasteiger partial charge in [0.15, 0.2) is 0 Å². The fourth-order valence-electron chi connectivity index (χ4n) is 2.65. The average Bonchev–Trinajstić information content (AvgIpc) is 2.43. The van der Waals surface area contributed by atoms with Crippen LogP contribution in [0.4, 0.5) is 0 Å². The van der Waals surface area contributed by atoms with Crippen molar-refractivity contribution < 1.29 is 5.11 Å². The van der Waals surface area contributed by atoms with Crippen LogP contribution in [0.1, 0.15) is 46.5 Å². The fraction of sp³-hybridized carbons (Fsp3) is 1.00. The molecule has 1 atom stereocenters. The fourth-order valence-corrected chi connectivity index (χ4v) is 2.65. The van der Waals surface area contributed by atoms with Crippen molar-refractivity contribution in [3.05, 3.63) is 0 Å². The minimum atomic E-state index is -0.0752. The number of likely N-dealkylation sites (N-methyl/N-ethyl adjacent to an activating group) is 2. The molecule has 0 rings (SSSR count). The van der Waals surface area contributed by atoms with Crippen molar-refractivity contribution in [2.75, 3.05) is 53.4 Å². The van der Waals surface area contributed by atoms with Crippen molar-refractivity contribution in [3.63, 3.8) is 0 Å². The summed E-state index contributed by atoms with van der Waals surface area (Å²) in [5, 5.41) is 13.1. The van der Waals surface area contributed by atoms with Crippen LogP contribution >= 0.6 is 0 Å². The van der Waals surface area contributed by atoms with Crippen LogP contribution in [0.5, 0.6) is 0 Å². The van der Waals surface area contributed by atoms with E-state index < -0.39 is 0 Å². The number of nitrogens with zero attached hydrogens (tertiary/aromatic N) is 2. The number of hydrogen-bond donors (Lipinski definition) is 2. The smallest absolute Gasteiger partial charge is 0.0613 e. The van der Waals surface area contributed by atoms with E-state index in [4.69, 9.17) is 0 Å². The Bertz CT molecular complexity index is 218. The van der Waals surface area contributed by atoms with Crippen LogP contribution in [-0.2, 0) is 0 Å². The largest absolute Gasteiger partial charge is 0.394 e. The van der Waals surface area contributed by atoms with E-state index >= 15 is 0 Å². The summed E-state index contributed by atoms with van der Waals surface area (Å²) < 4.78 is 0. The molecule has 1 unspecified atom stereocenters. The number of rotatable bonds is 13. The molecule has 0 heterocycles. The summed E-state index contributed by atoms with van der Waals surface area (Å²) in [6, 6.07) is 0. The van der Waals surface area contributed by atoms with Gasteiger partial charge in [0.25, 0.3) is 0 Å². The normalized spacial score (nSPS) is 15.0. The van der Waals surface area contributed by atoms with Gasteiger partial charge in [-0.05, 0) is 59.4 Å². The predicted octanol–water partition coefficient (Wildman–Crippen LogP) is 1.79. The summed E-state index contributed by atoms with van der Waals surface area (Å²) in [7, 11) is 4.26. The topological polar surface area (TPSA) is 38.7 Å². The molecular weight excluding hydrogens is 250 g/mol. The van der Waals surface area contributed by atoms with Gasteiger partial charge >= 0.3 is 0 Å². The molecule has 0 aliphatic heterocycles. The lowest BCUT2D eigenvalue weighted by atomic mass is 9.91. The Morgan fingerprint density at radius 1 is 1.00 bits per heavy atom. The second-order valence-corrected chi connectivity index (χ2v) is 6.07. The average molecular weight is 287 g/mol. The highest BCUT2D eigenvalue weighted by Gasteiger charge is 2.25. The Morgan fingerprint density at radius 2 is 1.70 bits per heavy atom. The van der Waals surface area contributed by atoms with E-state index in [1.165, 1.54) is 13.0 Å². The standard InChI is InChI=1S/C16H37N3O/c1-6-11-19(14-13-18(4)5)12-9-10-16(7-2,15-20)17-8-3/h17,20H,6-15H2,1-5H3. The number of nitrogens with one attached hydrogen (secondary N) is 1. The zero-order chi connectivity index (χ0) is 15.4. The Balaban J connectivity index is 4.18. The van der Waals surface area contributed by atoms with Crippen LogP contribution in [0.2, 0.25) is 0 Å². The molecule has 0 aliphatic carbocycles. The van der Waals surface area contributed by atoms with Crippen molar-refractivity contribution in [2.45, 2.75) is 52.0 Å². The molecule has 0 aromatic rings. The summed E-state index contributed by atoms with van der Waals surface area (Å²) in [4.78, 5) is 4.79. The van der Waals surface area contributed by atoms with Crippen molar-refractivity contribution >= 4 is 0 Å². The van der Waals surface area contributed by atoms with Gasteiger partial charge in [-0.1, -0.05) is 20.8 Å². The van der Waals surface area contributed by atoms with Crippen molar-refractivity contribution in [3.8, 4) is 0 Å². The Labute approximate surface area is 126 Å². The van der Waals surface area contributed by atoms with E-state index in [9.17, 15) is 5.11 Å². The molecule has 0 spiro atoms. The third-order valence-electron chi connectivity index (χ3n) is 4.06. The highest BCUT2D eigenvalue weighted by Crippen LogP contribution is 2.17. The molecule has 0 bridgehead atoms. The van der Waals surface area contributed by atoms with Gasteiger partial charge in [0.2, 0.25) is 0 Å². The molecule has 0 saturated carbocycles. The van der Waals surface area contributed by atoms with Gasteiger partial charge in [-0.15, -0.1) is 0 Å². The first-order valence-electron chi connectivity index (χ1n) is 8.26. The van der Waals surface area contributed by atoms with Gasteiger partial charge in [-0.2, -0.15) is 0 Å². The third kappa shape index (κ3) is 8.20. The quantitative estimate of drug-likeness (QED) is 0.542. The summed E-state index contributed by atoms with van der Waals surface area (Å²) >= 11 is 0. The highest BCUT2D eigenvalue weighted by atomic mass is 16.3. The van der Waals surface area contributed by atoms with Gasteiger partial charge < -0.3 is 20.2 Å².